The molecule has 0 spiro atoms. The highest BCUT2D eigenvalue weighted by molar-refractivity contribution is 5.99. The molecule has 3 aromatic carbocycles. The first-order chi connectivity index (χ1) is 19.9. The highest BCUT2D eigenvalue weighted by Gasteiger charge is 2.27. The maximum absolute atomic E-state index is 13.6. The van der Waals surface area contributed by atoms with E-state index in [-0.39, 0.29) is 31.3 Å². The number of hydrogen-bond donors (Lipinski definition) is 1. The van der Waals surface area contributed by atoms with E-state index in [2.05, 4.69) is 5.32 Å². The molecule has 6 rings (SSSR count). The number of aryl methyl sites for hydroxylation is 2. The third kappa shape index (κ3) is 5.95. The summed E-state index contributed by atoms with van der Waals surface area (Å²) in [4.78, 5) is 33.4. The van der Waals surface area contributed by atoms with Gasteiger partial charge in [0.2, 0.25) is 18.6 Å². The van der Waals surface area contributed by atoms with Crippen LogP contribution in [0.2, 0.25) is 0 Å². The lowest BCUT2D eigenvalue weighted by atomic mass is 10.1. The molecule has 9 heteroatoms. The first-order valence-corrected chi connectivity index (χ1v) is 13.8. The molecule has 9 nitrogen and oxygen atoms in total. The first kappa shape index (κ1) is 26.6. The monoisotopic (exact) mass is 552 g/mol. The summed E-state index contributed by atoms with van der Waals surface area (Å²) in [6, 6.07) is 21.1. The van der Waals surface area contributed by atoms with Crippen molar-refractivity contribution in [1.29, 1.82) is 0 Å². The maximum atomic E-state index is 13.6. The Morgan fingerprint density at radius 2 is 1.71 bits per heavy atom. The summed E-state index contributed by atoms with van der Waals surface area (Å²) in [6.07, 6.45) is 3.55. The van der Waals surface area contributed by atoms with Crippen LogP contribution in [0, 0.1) is 13.8 Å². The van der Waals surface area contributed by atoms with Gasteiger partial charge in [-0.25, -0.2) is 4.98 Å². The SMILES string of the molecule is Cc1ccc(-c2cn(-c3ccc(C)cc3)c(NC(=O)CN(CC3CCCO3)C(=O)c3ccc4c(c3)OCO4)n2)cc1. The van der Waals surface area contributed by atoms with Crippen LogP contribution in [0.3, 0.4) is 0 Å². The van der Waals surface area contributed by atoms with E-state index in [1.807, 2.05) is 73.1 Å². The Balaban J connectivity index is 1.26. The Bertz CT molecular complexity index is 1560. The van der Waals surface area contributed by atoms with Crippen molar-refractivity contribution < 1.29 is 23.8 Å². The summed E-state index contributed by atoms with van der Waals surface area (Å²) in [5.74, 6) is 0.850. The molecule has 1 fully saturated rings. The number of anilines is 1. The fourth-order valence-electron chi connectivity index (χ4n) is 5.04. The van der Waals surface area contributed by atoms with E-state index in [1.54, 1.807) is 18.2 Å². The maximum Gasteiger partial charge on any atom is 0.254 e. The minimum Gasteiger partial charge on any atom is -0.454 e. The topological polar surface area (TPSA) is 94.9 Å². The molecule has 4 aromatic rings. The van der Waals surface area contributed by atoms with Gasteiger partial charge in [0.05, 0.1) is 11.8 Å². The largest absolute Gasteiger partial charge is 0.454 e. The van der Waals surface area contributed by atoms with Gasteiger partial charge in [0.25, 0.3) is 5.91 Å². The summed E-state index contributed by atoms with van der Waals surface area (Å²) in [5.41, 5.74) is 5.24. The molecule has 210 valence electrons. The van der Waals surface area contributed by atoms with E-state index in [4.69, 9.17) is 19.2 Å². The van der Waals surface area contributed by atoms with Crippen LogP contribution in [0.1, 0.15) is 34.3 Å². The Morgan fingerprint density at radius 1 is 0.976 bits per heavy atom. The van der Waals surface area contributed by atoms with Gasteiger partial charge in [-0.1, -0.05) is 47.5 Å². The van der Waals surface area contributed by atoms with Gasteiger partial charge in [0, 0.05) is 36.2 Å². The molecule has 1 atom stereocenters. The molecule has 1 aromatic heterocycles. The highest BCUT2D eigenvalue weighted by atomic mass is 16.7. The van der Waals surface area contributed by atoms with Gasteiger partial charge in [-0.05, 0) is 57.0 Å². The lowest BCUT2D eigenvalue weighted by Crippen LogP contribution is -2.42. The van der Waals surface area contributed by atoms with Crippen molar-refractivity contribution in [3.63, 3.8) is 0 Å². The Morgan fingerprint density at radius 3 is 2.44 bits per heavy atom. The van der Waals surface area contributed by atoms with Gasteiger partial charge in [0.15, 0.2) is 11.5 Å². The smallest absolute Gasteiger partial charge is 0.254 e. The third-order valence-corrected chi connectivity index (χ3v) is 7.31. The van der Waals surface area contributed by atoms with E-state index in [0.29, 0.717) is 36.2 Å². The lowest BCUT2D eigenvalue weighted by Gasteiger charge is -2.25. The number of imidazole rings is 1. The Kier molecular flexibility index (Phi) is 7.43. The van der Waals surface area contributed by atoms with Gasteiger partial charge in [-0.2, -0.15) is 0 Å². The van der Waals surface area contributed by atoms with Crippen molar-refractivity contribution in [3.8, 4) is 28.4 Å². The van der Waals surface area contributed by atoms with E-state index in [1.165, 1.54) is 4.90 Å². The van der Waals surface area contributed by atoms with Crippen LogP contribution >= 0.6 is 0 Å². The summed E-state index contributed by atoms with van der Waals surface area (Å²) < 4.78 is 18.5. The Hall–Kier alpha value is -4.63. The van der Waals surface area contributed by atoms with Gasteiger partial charge < -0.3 is 19.1 Å². The zero-order valence-corrected chi connectivity index (χ0v) is 23.1. The number of ether oxygens (including phenoxy) is 3. The number of amides is 2. The molecule has 0 saturated carbocycles. The van der Waals surface area contributed by atoms with Crippen LogP contribution in [0.5, 0.6) is 11.5 Å². The molecule has 2 amide bonds. The van der Waals surface area contributed by atoms with E-state index in [9.17, 15) is 9.59 Å². The summed E-state index contributed by atoms with van der Waals surface area (Å²) in [7, 11) is 0. The molecule has 2 aliphatic heterocycles. The van der Waals surface area contributed by atoms with Crippen LogP contribution in [0.4, 0.5) is 5.95 Å². The fraction of sp³-hybridized carbons (Fsp3) is 0.281. The van der Waals surface area contributed by atoms with Gasteiger partial charge in [-0.15, -0.1) is 0 Å². The molecule has 1 unspecified atom stereocenters. The number of rotatable bonds is 8. The molecule has 3 heterocycles. The van der Waals surface area contributed by atoms with Crippen molar-refractivity contribution in [1.82, 2.24) is 14.5 Å². The summed E-state index contributed by atoms with van der Waals surface area (Å²) >= 11 is 0. The van der Waals surface area contributed by atoms with Gasteiger partial charge >= 0.3 is 0 Å². The number of hydrogen-bond acceptors (Lipinski definition) is 6. The van der Waals surface area contributed by atoms with Crippen LogP contribution in [-0.4, -0.2) is 58.9 Å². The van der Waals surface area contributed by atoms with Crippen molar-refractivity contribution in [2.24, 2.45) is 0 Å². The van der Waals surface area contributed by atoms with E-state index >= 15 is 0 Å². The minimum absolute atomic E-state index is 0.118. The number of nitrogens with one attached hydrogen (secondary N) is 1. The second-order valence-electron chi connectivity index (χ2n) is 10.5. The molecule has 0 radical (unpaired) electrons. The molecular formula is C32H32N4O5. The zero-order valence-electron chi connectivity index (χ0n) is 23.1. The zero-order chi connectivity index (χ0) is 28.3. The molecule has 1 saturated heterocycles. The van der Waals surface area contributed by atoms with E-state index in [0.717, 1.165) is 40.9 Å². The lowest BCUT2D eigenvalue weighted by molar-refractivity contribution is -0.117. The van der Waals surface area contributed by atoms with Gasteiger partial charge in [0.1, 0.15) is 6.54 Å². The normalized spacial score (nSPS) is 15.6. The molecule has 2 aliphatic rings. The predicted molar refractivity (Wildman–Crippen MR) is 155 cm³/mol. The van der Waals surface area contributed by atoms with E-state index < -0.39 is 0 Å². The Labute approximate surface area is 238 Å². The van der Waals surface area contributed by atoms with Crippen LogP contribution in [0.15, 0.2) is 72.9 Å². The first-order valence-electron chi connectivity index (χ1n) is 13.8. The third-order valence-electron chi connectivity index (χ3n) is 7.31. The molecular weight excluding hydrogens is 520 g/mol. The number of fused-ring (bicyclic) bond motifs is 1. The number of nitrogens with zero attached hydrogens (tertiary/aromatic N) is 3. The molecule has 1 N–H and O–H groups in total. The minimum atomic E-state index is -0.355. The number of aromatic nitrogens is 2. The van der Waals surface area contributed by atoms with Gasteiger partial charge in [-0.3, -0.25) is 19.5 Å². The van der Waals surface area contributed by atoms with Crippen molar-refractivity contribution >= 4 is 17.8 Å². The number of carbonyl (C=O) groups excluding carboxylic acids is 2. The fourth-order valence-corrected chi connectivity index (χ4v) is 5.04. The van der Waals surface area contributed by atoms with Crippen LogP contribution in [-0.2, 0) is 9.53 Å². The van der Waals surface area contributed by atoms with Crippen molar-refractivity contribution in [3.05, 3.63) is 89.6 Å². The predicted octanol–water partition coefficient (Wildman–Crippen LogP) is 5.14. The summed E-state index contributed by atoms with van der Waals surface area (Å²) in [5, 5.41) is 2.96. The van der Waals surface area contributed by atoms with Crippen LogP contribution in [0.25, 0.3) is 16.9 Å². The second kappa shape index (κ2) is 11.5. The number of benzene rings is 3. The standard InChI is InChI=1S/C32H32N4O5/c1-21-5-9-23(10-6-21)27-18-36(25-12-7-22(2)8-13-25)32(33-27)34-30(37)19-35(17-26-4-3-15-39-26)31(38)24-11-14-28-29(16-24)41-20-40-28/h5-14,16,18,26H,3-4,15,17,19-20H2,1-2H3,(H,33,34,37). The molecule has 0 aliphatic carbocycles. The summed E-state index contributed by atoms with van der Waals surface area (Å²) in [6.45, 7) is 4.98. The van der Waals surface area contributed by atoms with Crippen LogP contribution < -0.4 is 14.8 Å². The second-order valence-corrected chi connectivity index (χ2v) is 10.5. The molecule has 0 bridgehead atoms. The van der Waals surface area contributed by atoms with Crippen molar-refractivity contribution in [2.45, 2.75) is 32.8 Å². The molecule has 41 heavy (non-hydrogen) atoms. The average molecular weight is 553 g/mol. The number of carbonyl (C=O) groups is 2. The quantitative estimate of drug-likeness (QED) is 0.325. The average Bonchev–Trinajstić information content (AvgIpc) is 3.74. The van der Waals surface area contributed by atoms with Crippen molar-refractivity contribution in [2.75, 3.05) is 31.8 Å². The highest BCUT2D eigenvalue weighted by Crippen LogP contribution is 2.33.